The molecule has 1 aliphatic rings. The Hall–Kier alpha value is -0.490. The number of nitrogens with zero attached hydrogens (tertiary/aromatic N) is 1. The zero-order valence-corrected chi connectivity index (χ0v) is 13.1. The lowest BCUT2D eigenvalue weighted by atomic mass is 10.0. The van der Waals surface area contributed by atoms with Crippen molar-refractivity contribution in [1.29, 1.82) is 0 Å². The van der Waals surface area contributed by atoms with Gasteiger partial charge in [-0.25, -0.2) is 8.42 Å². The normalized spacial score (nSPS) is 19.8. The quantitative estimate of drug-likeness (QED) is 0.851. The molecule has 1 aliphatic heterocycles. The van der Waals surface area contributed by atoms with Crippen LogP contribution in [0.2, 0.25) is 10.0 Å². The molecule has 106 valence electrons. The molecule has 1 heterocycles. The molecule has 1 aromatic rings. The molecule has 19 heavy (non-hydrogen) atoms. The summed E-state index contributed by atoms with van der Waals surface area (Å²) in [6.45, 7) is 4.28. The maximum absolute atomic E-state index is 12.7. The van der Waals surface area contributed by atoms with E-state index >= 15 is 0 Å². The third kappa shape index (κ3) is 2.57. The average Bonchev–Trinajstić information content (AvgIpc) is 2.56. The monoisotopic (exact) mass is 322 g/mol. The predicted molar refractivity (Wildman–Crippen MR) is 78.1 cm³/mol. The van der Waals surface area contributed by atoms with Crippen molar-refractivity contribution >= 4 is 38.9 Å². The fourth-order valence-electron chi connectivity index (χ4n) is 2.49. The summed E-state index contributed by atoms with van der Waals surface area (Å²) in [5.74, 6) is 0. The highest BCUT2D eigenvalue weighted by atomic mass is 35.5. The standard InChI is InChI=1S/C12H16Cl2N2O2S/c1-12(2)4-3-5-16(12)19(17,18)11-9(14)6-8(13)7-10(11)15/h6-7H,3-5,15H2,1-2H3. The lowest BCUT2D eigenvalue weighted by molar-refractivity contribution is 0.292. The Kier molecular flexibility index (Phi) is 3.77. The molecule has 1 fully saturated rings. The number of nitrogen functional groups attached to an aromatic ring is 1. The summed E-state index contributed by atoms with van der Waals surface area (Å²) in [6, 6.07) is 2.80. The van der Waals surface area contributed by atoms with Gasteiger partial charge in [0, 0.05) is 17.1 Å². The van der Waals surface area contributed by atoms with Gasteiger partial charge in [0.05, 0.1) is 10.7 Å². The number of rotatable bonds is 2. The van der Waals surface area contributed by atoms with Crippen LogP contribution in [0.1, 0.15) is 26.7 Å². The van der Waals surface area contributed by atoms with Gasteiger partial charge >= 0.3 is 0 Å². The van der Waals surface area contributed by atoms with Crippen LogP contribution in [0.4, 0.5) is 5.69 Å². The van der Waals surface area contributed by atoms with E-state index in [1.165, 1.54) is 16.4 Å². The minimum atomic E-state index is -3.71. The highest BCUT2D eigenvalue weighted by Gasteiger charge is 2.42. The zero-order chi connectivity index (χ0) is 14.4. The summed E-state index contributed by atoms with van der Waals surface area (Å²) >= 11 is 11.8. The Morgan fingerprint density at radius 1 is 1.32 bits per heavy atom. The van der Waals surface area contributed by atoms with Crippen molar-refractivity contribution in [1.82, 2.24) is 4.31 Å². The average molecular weight is 323 g/mol. The Morgan fingerprint density at radius 3 is 2.42 bits per heavy atom. The highest BCUT2D eigenvalue weighted by molar-refractivity contribution is 7.89. The number of hydrogen-bond acceptors (Lipinski definition) is 3. The number of hydrogen-bond donors (Lipinski definition) is 1. The molecule has 0 aliphatic carbocycles. The second-order valence-corrected chi connectivity index (χ2v) is 7.94. The fourth-order valence-corrected chi connectivity index (χ4v) is 5.29. The number of sulfonamides is 1. The van der Waals surface area contributed by atoms with E-state index in [0.717, 1.165) is 12.8 Å². The van der Waals surface area contributed by atoms with Crippen LogP contribution in [0, 0.1) is 0 Å². The van der Waals surface area contributed by atoms with Gasteiger partial charge in [0.25, 0.3) is 0 Å². The summed E-state index contributed by atoms with van der Waals surface area (Å²) in [4.78, 5) is -0.0476. The van der Waals surface area contributed by atoms with E-state index in [-0.39, 0.29) is 15.6 Å². The second-order valence-electron chi connectivity index (χ2n) is 5.30. The lowest BCUT2D eigenvalue weighted by Crippen LogP contribution is -2.42. The molecule has 0 spiro atoms. The molecular weight excluding hydrogens is 307 g/mol. The Labute approximate surface area is 123 Å². The predicted octanol–water partition coefficient (Wildman–Crippen LogP) is 3.14. The molecule has 2 rings (SSSR count). The third-order valence-corrected chi connectivity index (χ3v) is 6.27. The fraction of sp³-hybridized carbons (Fsp3) is 0.500. The minimum absolute atomic E-state index is 0.0476. The molecule has 7 heteroatoms. The van der Waals surface area contributed by atoms with Crippen LogP contribution in [0.15, 0.2) is 17.0 Å². The summed E-state index contributed by atoms with van der Waals surface area (Å²) in [5, 5.41) is 0.384. The van der Waals surface area contributed by atoms with Crippen molar-refractivity contribution in [2.75, 3.05) is 12.3 Å². The largest absolute Gasteiger partial charge is 0.398 e. The van der Waals surface area contributed by atoms with E-state index in [9.17, 15) is 8.42 Å². The van der Waals surface area contributed by atoms with Crippen LogP contribution in [0.5, 0.6) is 0 Å². The van der Waals surface area contributed by atoms with Gasteiger partial charge in [-0.05, 0) is 38.8 Å². The van der Waals surface area contributed by atoms with E-state index in [0.29, 0.717) is 11.6 Å². The molecule has 4 nitrogen and oxygen atoms in total. The minimum Gasteiger partial charge on any atom is -0.398 e. The maximum Gasteiger partial charge on any atom is 0.247 e. The van der Waals surface area contributed by atoms with Crippen LogP contribution in [0.3, 0.4) is 0 Å². The van der Waals surface area contributed by atoms with Crippen LogP contribution < -0.4 is 5.73 Å². The molecule has 0 aromatic heterocycles. The van der Waals surface area contributed by atoms with Gasteiger partial charge in [0.2, 0.25) is 10.0 Å². The van der Waals surface area contributed by atoms with E-state index in [4.69, 9.17) is 28.9 Å². The summed E-state index contributed by atoms with van der Waals surface area (Å²) in [7, 11) is -3.71. The zero-order valence-electron chi connectivity index (χ0n) is 10.8. The first-order valence-corrected chi connectivity index (χ1v) is 8.13. The third-order valence-electron chi connectivity index (χ3n) is 3.41. The molecule has 0 atom stereocenters. The number of benzene rings is 1. The molecule has 0 amide bonds. The van der Waals surface area contributed by atoms with E-state index < -0.39 is 15.6 Å². The van der Waals surface area contributed by atoms with Crippen molar-refractivity contribution in [3.63, 3.8) is 0 Å². The van der Waals surface area contributed by atoms with Crippen LogP contribution in [-0.2, 0) is 10.0 Å². The topological polar surface area (TPSA) is 63.4 Å². The van der Waals surface area contributed by atoms with Gasteiger partial charge in [-0.2, -0.15) is 4.31 Å². The second kappa shape index (κ2) is 4.81. The van der Waals surface area contributed by atoms with E-state index in [1.54, 1.807) is 0 Å². The smallest absolute Gasteiger partial charge is 0.247 e. The van der Waals surface area contributed by atoms with Gasteiger partial charge in [-0.3, -0.25) is 0 Å². The highest BCUT2D eigenvalue weighted by Crippen LogP contribution is 2.39. The first-order chi connectivity index (χ1) is 8.66. The van der Waals surface area contributed by atoms with Crippen molar-refractivity contribution < 1.29 is 8.42 Å². The van der Waals surface area contributed by atoms with E-state index in [2.05, 4.69) is 0 Å². The maximum atomic E-state index is 12.7. The Balaban J connectivity index is 2.58. The van der Waals surface area contributed by atoms with Crippen molar-refractivity contribution in [3.05, 3.63) is 22.2 Å². The Morgan fingerprint density at radius 2 is 1.95 bits per heavy atom. The van der Waals surface area contributed by atoms with Crippen molar-refractivity contribution in [3.8, 4) is 0 Å². The molecule has 1 saturated heterocycles. The first kappa shape index (κ1) is 14.9. The van der Waals surface area contributed by atoms with Crippen LogP contribution in [-0.4, -0.2) is 24.8 Å². The van der Waals surface area contributed by atoms with Crippen molar-refractivity contribution in [2.45, 2.75) is 37.1 Å². The van der Waals surface area contributed by atoms with Crippen molar-refractivity contribution in [2.24, 2.45) is 0 Å². The number of anilines is 1. The van der Waals surface area contributed by atoms with Gasteiger partial charge in [0.15, 0.2) is 0 Å². The summed E-state index contributed by atoms with van der Waals surface area (Å²) in [5.41, 5.74) is 5.45. The molecule has 2 N–H and O–H groups in total. The molecular formula is C12H16Cl2N2O2S. The lowest BCUT2D eigenvalue weighted by Gasteiger charge is -2.31. The first-order valence-electron chi connectivity index (χ1n) is 5.93. The van der Waals surface area contributed by atoms with Gasteiger partial charge in [-0.1, -0.05) is 23.2 Å². The number of nitrogens with two attached hydrogens (primary N) is 1. The molecule has 0 unspecified atom stereocenters. The SMILES string of the molecule is CC1(C)CCCN1S(=O)(=O)c1c(N)cc(Cl)cc1Cl. The van der Waals surface area contributed by atoms with Gasteiger partial charge in [0.1, 0.15) is 4.90 Å². The Bertz CT molecular complexity index is 591. The molecule has 0 saturated carbocycles. The summed E-state index contributed by atoms with van der Waals surface area (Å²) in [6.07, 6.45) is 1.65. The molecule has 0 bridgehead atoms. The number of halogens is 2. The van der Waals surface area contributed by atoms with E-state index in [1.807, 2.05) is 13.8 Å². The summed E-state index contributed by atoms with van der Waals surface area (Å²) < 4.78 is 26.9. The van der Waals surface area contributed by atoms with Gasteiger partial charge in [-0.15, -0.1) is 0 Å². The molecule has 0 radical (unpaired) electrons. The van der Waals surface area contributed by atoms with Crippen LogP contribution >= 0.6 is 23.2 Å². The van der Waals surface area contributed by atoms with Crippen LogP contribution in [0.25, 0.3) is 0 Å². The molecule has 1 aromatic carbocycles. The van der Waals surface area contributed by atoms with Gasteiger partial charge < -0.3 is 5.73 Å².